The second-order valence-corrected chi connectivity index (χ2v) is 6.18. The van der Waals surface area contributed by atoms with Crippen LogP contribution in [0.25, 0.3) is 0 Å². The van der Waals surface area contributed by atoms with E-state index in [1.54, 1.807) is 17.5 Å². The van der Waals surface area contributed by atoms with Gasteiger partial charge >= 0.3 is 0 Å². The fraction of sp³-hybridized carbons (Fsp3) is 0.727. The molecule has 1 aliphatic rings. The van der Waals surface area contributed by atoms with Crippen LogP contribution in [0.15, 0.2) is 6.20 Å². The molecule has 2 rings (SSSR count). The van der Waals surface area contributed by atoms with Gasteiger partial charge in [0.25, 0.3) is 0 Å². The van der Waals surface area contributed by atoms with E-state index in [1.807, 2.05) is 0 Å². The van der Waals surface area contributed by atoms with E-state index in [4.69, 9.17) is 11.6 Å². The molecule has 0 saturated carbocycles. The van der Waals surface area contributed by atoms with Crippen LogP contribution in [0.4, 0.5) is 0 Å². The van der Waals surface area contributed by atoms with Crippen molar-refractivity contribution < 1.29 is 0 Å². The minimum atomic E-state index is 0.610. The van der Waals surface area contributed by atoms with Crippen molar-refractivity contribution in [2.75, 3.05) is 0 Å². The zero-order chi connectivity index (χ0) is 11.5. The topological polar surface area (TPSA) is 28.2 Å². The molecule has 2 heterocycles. The third kappa shape index (κ3) is 2.94. The molecule has 1 aromatic heterocycles. The summed E-state index contributed by atoms with van der Waals surface area (Å²) in [7, 11) is 0. The minimum Gasteiger partial charge on any atom is -0.248 e. The summed E-state index contributed by atoms with van der Waals surface area (Å²) in [4.78, 5) is 4.25. The van der Waals surface area contributed by atoms with E-state index in [2.05, 4.69) is 29.3 Å². The predicted octanol–water partition coefficient (Wildman–Crippen LogP) is 3.06. The van der Waals surface area contributed by atoms with E-state index in [0.29, 0.717) is 12.1 Å². The SMILES string of the molecule is CC1CCCC(C)N1NCc1ncc(Cl)s1. The van der Waals surface area contributed by atoms with Gasteiger partial charge in [0, 0.05) is 12.1 Å². The molecule has 3 nitrogen and oxygen atoms in total. The van der Waals surface area contributed by atoms with Crippen LogP contribution >= 0.6 is 22.9 Å². The zero-order valence-electron chi connectivity index (χ0n) is 9.74. The average molecular weight is 260 g/mol. The van der Waals surface area contributed by atoms with Gasteiger partial charge in [-0.05, 0) is 26.7 Å². The van der Waals surface area contributed by atoms with Gasteiger partial charge in [0.15, 0.2) is 0 Å². The molecule has 0 bridgehead atoms. The van der Waals surface area contributed by atoms with Crippen molar-refractivity contribution in [2.45, 2.75) is 51.7 Å². The molecule has 0 spiro atoms. The molecule has 2 atom stereocenters. The third-order valence-electron chi connectivity index (χ3n) is 3.13. The van der Waals surface area contributed by atoms with E-state index < -0.39 is 0 Å². The fourth-order valence-electron chi connectivity index (χ4n) is 2.26. The lowest BCUT2D eigenvalue weighted by atomic mass is 10.00. The van der Waals surface area contributed by atoms with Crippen LogP contribution in [-0.2, 0) is 6.54 Å². The standard InChI is InChI=1S/C11H18ClN3S/c1-8-4-3-5-9(2)15(8)14-7-11-13-6-10(12)16-11/h6,8-9,14H,3-5,7H2,1-2H3. The highest BCUT2D eigenvalue weighted by atomic mass is 35.5. The van der Waals surface area contributed by atoms with Crippen molar-refractivity contribution in [3.63, 3.8) is 0 Å². The Kier molecular flexibility index (Phi) is 4.19. The maximum Gasteiger partial charge on any atom is 0.113 e. The molecule has 1 saturated heterocycles. The highest BCUT2D eigenvalue weighted by molar-refractivity contribution is 7.15. The molecule has 1 aliphatic heterocycles. The Morgan fingerprint density at radius 2 is 2.19 bits per heavy atom. The van der Waals surface area contributed by atoms with Gasteiger partial charge in [-0.3, -0.25) is 0 Å². The number of hydrazine groups is 1. The van der Waals surface area contributed by atoms with Crippen LogP contribution in [0.5, 0.6) is 0 Å². The smallest absolute Gasteiger partial charge is 0.113 e. The molecule has 5 heteroatoms. The summed E-state index contributed by atoms with van der Waals surface area (Å²) in [6.07, 6.45) is 5.60. The second kappa shape index (κ2) is 5.45. The Labute approximate surface area is 106 Å². The molecule has 1 N–H and O–H groups in total. The molecule has 90 valence electrons. The molecule has 0 aromatic carbocycles. The first-order chi connectivity index (χ1) is 7.66. The molecule has 16 heavy (non-hydrogen) atoms. The summed E-state index contributed by atoms with van der Waals surface area (Å²) in [5.41, 5.74) is 3.47. The molecule has 1 aromatic rings. The number of hydrogen-bond acceptors (Lipinski definition) is 4. The third-order valence-corrected chi connectivity index (χ3v) is 4.25. The van der Waals surface area contributed by atoms with Crippen molar-refractivity contribution in [3.8, 4) is 0 Å². The van der Waals surface area contributed by atoms with Crippen LogP contribution in [-0.4, -0.2) is 22.1 Å². The van der Waals surface area contributed by atoms with Gasteiger partial charge in [-0.1, -0.05) is 18.0 Å². The lowest BCUT2D eigenvalue weighted by Crippen LogP contribution is -2.51. The number of hydrogen-bond donors (Lipinski definition) is 1. The summed E-state index contributed by atoms with van der Waals surface area (Å²) in [5.74, 6) is 0. The Morgan fingerprint density at radius 3 is 2.75 bits per heavy atom. The van der Waals surface area contributed by atoms with E-state index in [0.717, 1.165) is 15.9 Å². The Balaban J connectivity index is 1.88. The number of nitrogens with zero attached hydrogens (tertiary/aromatic N) is 2. The second-order valence-electron chi connectivity index (χ2n) is 4.43. The molecule has 0 aliphatic carbocycles. The molecule has 2 unspecified atom stereocenters. The lowest BCUT2D eigenvalue weighted by molar-refractivity contribution is 0.0435. The van der Waals surface area contributed by atoms with E-state index in [-0.39, 0.29) is 0 Å². The number of nitrogens with one attached hydrogen (secondary N) is 1. The van der Waals surface area contributed by atoms with Crippen molar-refractivity contribution in [2.24, 2.45) is 0 Å². The number of rotatable bonds is 3. The van der Waals surface area contributed by atoms with Crippen molar-refractivity contribution in [3.05, 3.63) is 15.5 Å². The highest BCUT2D eigenvalue weighted by Gasteiger charge is 2.24. The van der Waals surface area contributed by atoms with Gasteiger partial charge in [-0.15, -0.1) is 11.3 Å². The van der Waals surface area contributed by atoms with Gasteiger partial charge < -0.3 is 0 Å². The normalized spacial score (nSPS) is 27.2. The van der Waals surface area contributed by atoms with Gasteiger partial charge in [0.1, 0.15) is 9.34 Å². The summed E-state index contributed by atoms with van der Waals surface area (Å²) in [5, 5.41) is 3.41. The van der Waals surface area contributed by atoms with E-state index in [9.17, 15) is 0 Å². The summed E-state index contributed by atoms with van der Waals surface area (Å²) < 4.78 is 0.761. The van der Waals surface area contributed by atoms with Crippen LogP contribution in [0.3, 0.4) is 0 Å². The number of thiazole rings is 1. The molecular weight excluding hydrogens is 242 g/mol. The van der Waals surface area contributed by atoms with Gasteiger partial charge in [-0.2, -0.15) is 0 Å². The van der Waals surface area contributed by atoms with Crippen LogP contribution in [0.1, 0.15) is 38.1 Å². The van der Waals surface area contributed by atoms with E-state index in [1.165, 1.54) is 19.3 Å². The van der Waals surface area contributed by atoms with Crippen LogP contribution in [0.2, 0.25) is 4.34 Å². The summed E-state index contributed by atoms with van der Waals surface area (Å²) >= 11 is 7.40. The van der Waals surface area contributed by atoms with Crippen LogP contribution < -0.4 is 5.43 Å². The molecular formula is C11H18ClN3S. The first-order valence-electron chi connectivity index (χ1n) is 5.79. The number of aromatic nitrogens is 1. The first-order valence-corrected chi connectivity index (χ1v) is 6.98. The maximum atomic E-state index is 5.85. The molecule has 0 radical (unpaired) electrons. The largest absolute Gasteiger partial charge is 0.248 e. The van der Waals surface area contributed by atoms with Crippen molar-refractivity contribution in [1.82, 2.24) is 15.4 Å². The molecule has 1 fully saturated rings. The van der Waals surface area contributed by atoms with Crippen LogP contribution in [0, 0.1) is 0 Å². The Bertz CT molecular complexity index is 332. The summed E-state index contributed by atoms with van der Waals surface area (Å²) in [6.45, 7) is 5.33. The average Bonchev–Trinajstić information content (AvgIpc) is 2.63. The Hall–Kier alpha value is -0.160. The highest BCUT2D eigenvalue weighted by Crippen LogP contribution is 2.22. The fourth-order valence-corrected chi connectivity index (χ4v) is 3.15. The van der Waals surface area contributed by atoms with Crippen molar-refractivity contribution in [1.29, 1.82) is 0 Å². The Morgan fingerprint density at radius 1 is 1.50 bits per heavy atom. The minimum absolute atomic E-state index is 0.610. The quantitative estimate of drug-likeness (QED) is 0.904. The first kappa shape index (κ1) is 12.3. The predicted molar refractivity (Wildman–Crippen MR) is 68.6 cm³/mol. The number of halogens is 1. The van der Waals surface area contributed by atoms with Crippen molar-refractivity contribution >= 4 is 22.9 Å². The molecule has 0 amide bonds. The maximum absolute atomic E-state index is 5.85. The van der Waals surface area contributed by atoms with Gasteiger partial charge in [0.05, 0.1) is 12.7 Å². The van der Waals surface area contributed by atoms with E-state index >= 15 is 0 Å². The monoisotopic (exact) mass is 259 g/mol. The number of piperidine rings is 1. The summed E-state index contributed by atoms with van der Waals surface area (Å²) in [6, 6.07) is 1.22. The lowest BCUT2D eigenvalue weighted by Gasteiger charge is -2.38. The zero-order valence-corrected chi connectivity index (χ0v) is 11.3. The van der Waals surface area contributed by atoms with Gasteiger partial charge in [0.2, 0.25) is 0 Å². The van der Waals surface area contributed by atoms with Gasteiger partial charge in [-0.25, -0.2) is 15.4 Å².